The van der Waals surface area contributed by atoms with Crippen LogP contribution in [-0.2, 0) is 4.79 Å². The van der Waals surface area contributed by atoms with Crippen LogP contribution in [0.2, 0.25) is 0 Å². The van der Waals surface area contributed by atoms with Crippen molar-refractivity contribution in [2.75, 3.05) is 52.1 Å². The monoisotopic (exact) mass is 423 g/mol. The Kier molecular flexibility index (Phi) is 6.36. The van der Waals surface area contributed by atoms with Gasteiger partial charge in [0.25, 0.3) is 0 Å². The number of rotatable bonds is 7. The number of anilines is 1. The predicted octanol–water partition coefficient (Wildman–Crippen LogP) is 2.25. The maximum absolute atomic E-state index is 12.4. The maximum atomic E-state index is 12.4. The van der Waals surface area contributed by atoms with Crippen molar-refractivity contribution in [2.24, 2.45) is 0 Å². The van der Waals surface area contributed by atoms with Crippen molar-refractivity contribution in [2.45, 2.75) is 18.4 Å². The Labute approximate surface area is 182 Å². The lowest BCUT2D eigenvalue weighted by Crippen LogP contribution is -2.56. The van der Waals surface area contributed by atoms with Crippen LogP contribution in [0, 0.1) is 0 Å². The zero-order chi connectivity index (χ0) is 21.8. The highest BCUT2D eigenvalue weighted by atomic mass is 16.5. The van der Waals surface area contributed by atoms with Crippen molar-refractivity contribution in [3.63, 3.8) is 0 Å². The summed E-state index contributed by atoms with van der Waals surface area (Å²) in [7, 11) is 3.92. The number of aromatic nitrogens is 1. The summed E-state index contributed by atoms with van der Waals surface area (Å²) in [5.74, 6) is 1.26. The molecule has 2 aliphatic heterocycles. The molecule has 0 aliphatic carbocycles. The number of carbonyl (C=O) groups is 2. The first-order valence-electron chi connectivity index (χ1n) is 10.6. The maximum Gasteiger partial charge on any atom is 0.321 e. The van der Waals surface area contributed by atoms with E-state index < -0.39 is 0 Å². The molecule has 1 N–H and O–H groups in total. The molecule has 2 aliphatic rings. The lowest BCUT2D eigenvalue weighted by atomic mass is 9.93. The van der Waals surface area contributed by atoms with E-state index in [1.807, 2.05) is 66.5 Å². The number of urea groups is 1. The van der Waals surface area contributed by atoms with Crippen LogP contribution in [0.25, 0.3) is 0 Å². The second-order valence-electron chi connectivity index (χ2n) is 8.43. The quantitative estimate of drug-likeness (QED) is 0.739. The first kappa shape index (κ1) is 21.1. The molecule has 2 saturated heterocycles. The van der Waals surface area contributed by atoms with E-state index >= 15 is 0 Å². The summed E-state index contributed by atoms with van der Waals surface area (Å²) in [5, 5.41) is 2.93. The highest BCUT2D eigenvalue weighted by Crippen LogP contribution is 2.27. The van der Waals surface area contributed by atoms with Crippen LogP contribution in [0.3, 0.4) is 0 Å². The number of nitrogens with zero attached hydrogens (tertiary/aromatic N) is 4. The number of likely N-dealkylation sites (tertiary alicyclic amines) is 2. The van der Waals surface area contributed by atoms with E-state index in [-0.39, 0.29) is 18.0 Å². The molecule has 1 aromatic heterocycles. The van der Waals surface area contributed by atoms with Gasteiger partial charge in [-0.3, -0.25) is 9.78 Å². The minimum absolute atomic E-state index is 0.0224. The van der Waals surface area contributed by atoms with E-state index in [1.165, 1.54) is 5.56 Å². The first-order valence-corrected chi connectivity index (χ1v) is 10.6. The largest absolute Gasteiger partial charge is 0.487 e. The van der Waals surface area contributed by atoms with Crippen LogP contribution in [0.15, 0.2) is 48.8 Å². The van der Waals surface area contributed by atoms with Gasteiger partial charge in [0.15, 0.2) is 0 Å². The van der Waals surface area contributed by atoms with Gasteiger partial charge in [-0.1, -0.05) is 6.07 Å². The Morgan fingerprint density at radius 3 is 2.48 bits per heavy atom. The summed E-state index contributed by atoms with van der Waals surface area (Å²) in [6, 6.07) is 11.2. The molecule has 1 aromatic carbocycles. The number of pyridine rings is 1. The second kappa shape index (κ2) is 9.34. The second-order valence-corrected chi connectivity index (χ2v) is 8.43. The van der Waals surface area contributed by atoms with Gasteiger partial charge in [-0.25, -0.2) is 4.79 Å². The summed E-state index contributed by atoms with van der Waals surface area (Å²) in [5.41, 5.74) is 1.90. The molecule has 0 atom stereocenters. The number of hydrogen-bond donors (Lipinski definition) is 1. The Bertz CT molecular complexity index is 891. The average Bonchev–Trinajstić information content (AvgIpc) is 2.69. The molecular formula is C23H29N5O3. The van der Waals surface area contributed by atoms with Gasteiger partial charge >= 0.3 is 6.03 Å². The molecule has 3 amide bonds. The van der Waals surface area contributed by atoms with Crippen molar-refractivity contribution in [3.8, 4) is 5.75 Å². The fourth-order valence-corrected chi connectivity index (χ4v) is 3.68. The summed E-state index contributed by atoms with van der Waals surface area (Å²) in [6.07, 6.45) is 4.18. The zero-order valence-corrected chi connectivity index (χ0v) is 18.0. The fraction of sp³-hybridized carbons (Fsp3) is 0.435. The van der Waals surface area contributed by atoms with Gasteiger partial charge in [0, 0.05) is 50.1 Å². The Morgan fingerprint density at radius 2 is 1.84 bits per heavy atom. The van der Waals surface area contributed by atoms with Crippen molar-refractivity contribution < 1.29 is 14.3 Å². The molecule has 0 spiro atoms. The number of ether oxygens (including phenoxy) is 1. The zero-order valence-electron chi connectivity index (χ0n) is 18.0. The van der Waals surface area contributed by atoms with Gasteiger partial charge in [0.2, 0.25) is 5.91 Å². The number of carbonyl (C=O) groups excluding carboxylic acids is 2. The molecule has 31 heavy (non-hydrogen) atoms. The van der Waals surface area contributed by atoms with E-state index in [9.17, 15) is 9.59 Å². The van der Waals surface area contributed by atoms with Gasteiger partial charge in [0.05, 0.1) is 13.1 Å². The van der Waals surface area contributed by atoms with E-state index in [2.05, 4.69) is 10.3 Å². The van der Waals surface area contributed by atoms with Gasteiger partial charge < -0.3 is 24.8 Å². The Balaban J connectivity index is 1.17. The van der Waals surface area contributed by atoms with Crippen LogP contribution < -0.4 is 10.1 Å². The fourth-order valence-electron chi connectivity index (χ4n) is 3.68. The third-order valence-corrected chi connectivity index (χ3v) is 5.71. The molecule has 0 radical (unpaired) electrons. The van der Waals surface area contributed by atoms with E-state index in [4.69, 9.17) is 4.74 Å². The first-order chi connectivity index (χ1) is 15.0. The number of hydrogen-bond acceptors (Lipinski definition) is 5. The molecule has 4 rings (SSSR count). The van der Waals surface area contributed by atoms with Crippen LogP contribution in [0.1, 0.15) is 17.9 Å². The number of amides is 3. The molecule has 0 saturated carbocycles. The van der Waals surface area contributed by atoms with Crippen LogP contribution in [-0.4, -0.2) is 84.5 Å². The average molecular weight is 424 g/mol. The van der Waals surface area contributed by atoms with Crippen LogP contribution in [0.4, 0.5) is 10.5 Å². The number of benzene rings is 1. The molecule has 2 aromatic rings. The molecule has 164 valence electrons. The topological polar surface area (TPSA) is 78.0 Å². The standard InChI is InChI=1S/C23H29N5O3/c1-26(2)11-9-22(29)27-15-21(16-27)31-20-7-5-19(6-8-20)25-23(30)28-13-18(14-28)17-4-3-10-24-12-17/h3-8,10,12,18,21H,9,11,13-16H2,1-2H3,(H,25,30). The third kappa shape index (κ3) is 5.32. The van der Waals surface area contributed by atoms with Gasteiger partial charge in [-0.05, 0) is 50.0 Å². The van der Waals surface area contributed by atoms with Crippen LogP contribution >= 0.6 is 0 Å². The highest BCUT2D eigenvalue weighted by molar-refractivity contribution is 5.90. The smallest absolute Gasteiger partial charge is 0.321 e. The van der Waals surface area contributed by atoms with Crippen LogP contribution in [0.5, 0.6) is 5.75 Å². The van der Waals surface area contributed by atoms with Gasteiger partial charge in [-0.15, -0.1) is 0 Å². The molecule has 2 fully saturated rings. The normalized spacial score (nSPS) is 16.6. The highest BCUT2D eigenvalue weighted by Gasteiger charge is 2.33. The number of nitrogens with one attached hydrogen (secondary N) is 1. The van der Waals surface area contributed by atoms with Crippen molar-refractivity contribution in [1.29, 1.82) is 0 Å². The van der Waals surface area contributed by atoms with Gasteiger partial charge in [-0.2, -0.15) is 0 Å². The summed E-state index contributed by atoms with van der Waals surface area (Å²) in [6.45, 7) is 3.40. The Morgan fingerprint density at radius 1 is 1.10 bits per heavy atom. The predicted molar refractivity (Wildman–Crippen MR) is 118 cm³/mol. The van der Waals surface area contributed by atoms with E-state index in [0.717, 1.165) is 18.0 Å². The molecule has 8 nitrogen and oxygen atoms in total. The lowest BCUT2D eigenvalue weighted by Gasteiger charge is -2.39. The van der Waals surface area contributed by atoms with Crippen molar-refractivity contribution in [3.05, 3.63) is 54.4 Å². The molecule has 0 bridgehead atoms. The molecule has 3 heterocycles. The summed E-state index contributed by atoms with van der Waals surface area (Å²) < 4.78 is 5.93. The van der Waals surface area contributed by atoms with Crippen molar-refractivity contribution >= 4 is 17.6 Å². The van der Waals surface area contributed by atoms with E-state index in [1.54, 1.807) is 11.1 Å². The van der Waals surface area contributed by atoms with E-state index in [0.29, 0.717) is 38.5 Å². The SMILES string of the molecule is CN(C)CCC(=O)N1CC(Oc2ccc(NC(=O)N3CC(c4cccnc4)C3)cc2)C1. The third-order valence-electron chi connectivity index (χ3n) is 5.71. The molecular weight excluding hydrogens is 394 g/mol. The Hall–Kier alpha value is -3.13. The lowest BCUT2D eigenvalue weighted by molar-refractivity contribution is -0.140. The molecule has 8 heteroatoms. The van der Waals surface area contributed by atoms with Crippen molar-refractivity contribution in [1.82, 2.24) is 19.7 Å². The minimum atomic E-state index is -0.0975. The summed E-state index contributed by atoms with van der Waals surface area (Å²) >= 11 is 0. The van der Waals surface area contributed by atoms with Gasteiger partial charge in [0.1, 0.15) is 11.9 Å². The minimum Gasteiger partial charge on any atom is -0.487 e. The summed E-state index contributed by atoms with van der Waals surface area (Å²) in [4.78, 5) is 34.2. The molecule has 0 unspecified atom stereocenters.